The van der Waals surface area contributed by atoms with E-state index in [1.165, 1.54) is 46.1 Å². The van der Waals surface area contributed by atoms with E-state index in [4.69, 9.17) is 4.98 Å². The quantitative estimate of drug-likeness (QED) is 0.772. The largest absolute Gasteiger partial charge is 0.346 e. The average Bonchev–Trinajstić information content (AvgIpc) is 3.09. The van der Waals surface area contributed by atoms with Crippen molar-refractivity contribution in [1.82, 2.24) is 9.97 Å². The smallest absolute Gasteiger partial charge is 0.249 e. The van der Waals surface area contributed by atoms with Crippen LogP contribution in [0.1, 0.15) is 34.8 Å². The molecule has 4 rings (SSSR count). The summed E-state index contributed by atoms with van der Waals surface area (Å²) in [5, 5.41) is 0. The summed E-state index contributed by atoms with van der Waals surface area (Å²) in [7, 11) is 0. The Bertz CT molecular complexity index is 855. The number of rotatable bonds is 2. The zero-order valence-electron chi connectivity index (χ0n) is 14.0. The van der Waals surface area contributed by atoms with Gasteiger partial charge in [0.15, 0.2) is 11.0 Å². The number of H-pyrrole nitrogens is 2. The van der Waals surface area contributed by atoms with E-state index < -0.39 is 0 Å². The van der Waals surface area contributed by atoms with Crippen molar-refractivity contribution in [3.8, 4) is 11.3 Å². The highest BCUT2D eigenvalue weighted by Gasteiger charge is 2.23. The van der Waals surface area contributed by atoms with Gasteiger partial charge in [0.25, 0.3) is 0 Å². The number of fused-ring (bicyclic) bond motifs is 1. The predicted molar refractivity (Wildman–Crippen MR) is 96.2 cm³/mol. The van der Waals surface area contributed by atoms with Crippen molar-refractivity contribution in [1.29, 1.82) is 0 Å². The van der Waals surface area contributed by atoms with Gasteiger partial charge < -0.3 is 4.98 Å². The number of nitrogens with one attached hydrogen (secondary N) is 2. The Labute approximate surface area is 140 Å². The van der Waals surface area contributed by atoms with Gasteiger partial charge in [0, 0.05) is 28.3 Å². The van der Waals surface area contributed by atoms with Crippen molar-refractivity contribution in [2.75, 3.05) is 18.0 Å². The van der Waals surface area contributed by atoms with Gasteiger partial charge in [-0.1, -0.05) is 0 Å². The topological polar surface area (TPSA) is 46.1 Å². The highest BCUT2D eigenvalue weighted by Crippen LogP contribution is 2.33. The first kappa shape index (κ1) is 14.7. The summed E-state index contributed by atoms with van der Waals surface area (Å²) in [5.74, 6) is 2.17. The fourth-order valence-corrected chi connectivity index (χ4v) is 4.49. The van der Waals surface area contributed by atoms with Gasteiger partial charge in [-0.2, -0.15) is 0 Å². The van der Waals surface area contributed by atoms with E-state index in [-0.39, 0.29) is 0 Å². The van der Waals surface area contributed by atoms with Crippen LogP contribution in [0.4, 0.5) is 5.82 Å². The fraction of sp³-hybridized carbons (Fsp3) is 0.444. The Balaban J connectivity index is 1.86. The average molecular weight is 327 g/mol. The van der Waals surface area contributed by atoms with Gasteiger partial charge in [-0.15, -0.1) is 16.3 Å². The zero-order chi connectivity index (χ0) is 16.0. The first-order valence-electron chi connectivity index (χ1n) is 8.37. The third-order valence-electron chi connectivity index (χ3n) is 4.62. The van der Waals surface area contributed by atoms with Gasteiger partial charge in [0.1, 0.15) is 0 Å². The molecule has 0 radical (unpaired) electrons. The van der Waals surface area contributed by atoms with Crippen molar-refractivity contribution in [2.24, 2.45) is 0 Å². The van der Waals surface area contributed by atoms with Crippen molar-refractivity contribution in [3.05, 3.63) is 27.7 Å². The van der Waals surface area contributed by atoms with Gasteiger partial charge in [-0.3, -0.25) is 4.90 Å². The third kappa shape index (κ3) is 2.63. The Morgan fingerprint density at radius 3 is 2.61 bits per heavy atom. The summed E-state index contributed by atoms with van der Waals surface area (Å²) in [4.78, 5) is 17.0. The predicted octanol–water partition coefficient (Wildman–Crippen LogP) is 4.02. The van der Waals surface area contributed by atoms with Crippen LogP contribution in [0.3, 0.4) is 0 Å². The lowest BCUT2D eigenvalue weighted by molar-refractivity contribution is -0.377. The molecule has 120 valence electrons. The van der Waals surface area contributed by atoms with Crippen LogP contribution >= 0.6 is 11.3 Å². The zero-order valence-corrected chi connectivity index (χ0v) is 14.8. The van der Waals surface area contributed by atoms with Crippen LogP contribution in [0.5, 0.6) is 0 Å². The van der Waals surface area contributed by atoms with Gasteiger partial charge in [-0.25, -0.2) is 4.98 Å². The summed E-state index contributed by atoms with van der Waals surface area (Å²) in [6.45, 7) is 8.65. The molecule has 0 unspecified atom stereocenters. The van der Waals surface area contributed by atoms with E-state index in [2.05, 4.69) is 40.8 Å². The molecule has 4 heterocycles. The maximum Gasteiger partial charge on any atom is 0.249 e. The maximum absolute atomic E-state index is 4.70. The van der Waals surface area contributed by atoms with Crippen LogP contribution in [0.15, 0.2) is 12.1 Å². The van der Waals surface area contributed by atoms with Crippen LogP contribution in [-0.2, 0) is 0 Å². The summed E-state index contributed by atoms with van der Waals surface area (Å²) in [6.07, 6.45) is 3.88. The molecule has 23 heavy (non-hydrogen) atoms. The van der Waals surface area contributed by atoms with Gasteiger partial charge in [0.05, 0.1) is 18.8 Å². The van der Waals surface area contributed by atoms with E-state index in [0.717, 1.165) is 29.9 Å². The van der Waals surface area contributed by atoms with Crippen LogP contribution in [0, 0.1) is 20.8 Å². The second-order valence-corrected chi connectivity index (χ2v) is 7.95. The fourth-order valence-electron chi connectivity index (χ4n) is 3.55. The minimum Gasteiger partial charge on any atom is -0.346 e. The van der Waals surface area contributed by atoms with Crippen LogP contribution in [-0.4, -0.2) is 23.1 Å². The Hall–Kier alpha value is -1.88. The molecular weight excluding hydrogens is 304 g/mol. The normalized spacial score (nSPS) is 15.5. The summed E-state index contributed by atoms with van der Waals surface area (Å²) < 4.78 is 0. The van der Waals surface area contributed by atoms with Gasteiger partial charge >= 0.3 is 0 Å². The minimum atomic E-state index is 0.974. The number of anilines is 1. The number of hydrogen-bond acceptors (Lipinski definition) is 3. The summed E-state index contributed by atoms with van der Waals surface area (Å²) >= 11 is 1.85. The molecule has 0 amide bonds. The molecule has 0 spiro atoms. The van der Waals surface area contributed by atoms with Crippen molar-refractivity contribution >= 4 is 28.2 Å². The third-order valence-corrected chi connectivity index (χ3v) is 5.59. The molecule has 0 aromatic carbocycles. The first-order valence-corrected chi connectivity index (χ1v) is 9.18. The van der Waals surface area contributed by atoms with Crippen molar-refractivity contribution in [3.63, 3.8) is 0 Å². The highest BCUT2D eigenvalue weighted by atomic mass is 32.1. The number of aryl methyl sites for hydroxylation is 3. The lowest BCUT2D eigenvalue weighted by atomic mass is 10.1. The van der Waals surface area contributed by atoms with E-state index in [1.54, 1.807) is 0 Å². The molecule has 1 saturated heterocycles. The SMILES string of the molecule is Cc1nc2cc(-c3cc(C)sc3C)[nH]c2c(N2CCCCC2)[nH+]1. The van der Waals surface area contributed by atoms with Crippen LogP contribution < -0.4 is 9.88 Å². The number of thiophene rings is 1. The number of aromatic amines is 2. The van der Waals surface area contributed by atoms with Gasteiger partial charge in [-0.05, 0) is 39.2 Å². The second kappa shape index (κ2) is 5.64. The maximum atomic E-state index is 4.70. The summed E-state index contributed by atoms with van der Waals surface area (Å²) in [6, 6.07) is 4.46. The molecule has 1 aliphatic heterocycles. The summed E-state index contributed by atoms with van der Waals surface area (Å²) in [5.41, 5.74) is 4.66. The minimum absolute atomic E-state index is 0.974. The first-order chi connectivity index (χ1) is 11.1. The monoisotopic (exact) mass is 327 g/mol. The van der Waals surface area contributed by atoms with E-state index in [9.17, 15) is 0 Å². The molecule has 3 aromatic rings. The lowest BCUT2D eigenvalue weighted by Gasteiger charge is -2.23. The molecule has 1 fully saturated rings. The van der Waals surface area contributed by atoms with E-state index in [1.807, 2.05) is 18.3 Å². The molecule has 0 atom stereocenters. The number of hydrogen-bond donors (Lipinski definition) is 1. The standard InChI is InChI=1S/C18H22N4S/c1-11-9-14(12(2)23-11)15-10-16-17(21-15)18(20-13(3)19-16)22-7-5-4-6-8-22/h9-10,21H,4-8H2,1-3H3/p+1. The molecule has 1 aliphatic rings. The molecule has 4 nitrogen and oxygen atoms in total. The molecule has 0 bridgehead atoms. The molecule has 3 aromatic heterocycles. The van der Waals surface area contributed by atoms with Crippen LogP contribution in [0.2, 0.25) is 0 Å². The second-order valence-electron chi connectivity index (χ2n) is 6.49. The highest BCUT2D eigenvalue weighted by molar-refractivity contribution is 7.12. The molecule has 5 heteroatoms. The van der Waals surface area contributed by atoms with E-state index in [0.29, 0.717) is 0 Å². The number of nitrogens with zero attached hydrogens (tertiary/aromatic N) is 2. The lowest BCUT2D eigenvalue weighted by Crippen LogP contribution is -2.35. The Kier molecular flexibility index (Phi) is 3.60. The van der Waals surface area contributed by atoms with Gasteiger partial charge in [0.2, 0.25) is 11.6 Å². The Morgan fingerprint density at radius 1 is 1.13 bits per heavy atom. The number of aromatic nitrogens is 3. The van der Waals surface area contributed by atoms with E-state index >= 15 is 0 Å². The Morgan fingerprint density at radius 2 is 1.91 bits per heavy atom. The van der Waals surface area contributed by atoms with Crippen LogP contribution in [0.25, 0.3) is 22.3 Å². The molecule has 2 N–H and O–H groups in total. The number of piperidine rings is 1. The molecule has 0 saturated carbocycles. The van der Waals surface area contributed by atoms with Crippen molar-refractivity contribution in [2.45, 2.75) is 40.0 Å². The molecule has 0 aliphatic carbocycles. The van der Waals surface area contributed by atoms with Crippen molar-refractivity contribution < 1.29 is 4.98 Å². The molecular formula is C18H23N4S+.